The third-order valence-electron chi connectivity index (χ3n) is 5.03. The Morgan fingerprint density at radius 2 is 1.81 bits per heavy atom. The van der Waals surface area contributed by atoms with Crippen LogP contribution in [0.2, 0.25) is 0 Å². The normalized spacial score (nSPS) is 20.8. The number of carbonyl (C=O) groups excluding carboxylic acids is 2. The minimum absolute atomic E-state index is 0. The van der Waals surface area contributed by atoms with Crippen LogP contribution in [-0.4, -0.2) is 34.5 Å². The number of carbonyl (C=O) groups is 2. The summed E-state index contributed by atoms with van der Waals surface area (Å²) in [5, 5.41) is 21.1. The van der Waals surface area contributed by atoms with E-state index in [1.807, 2.05) is 48.5 Å². The van der Waals surface area contributed by atoms with Crippen molar-refractivity contribution in [2.24, 2.45) is 5.92 Å². The maximum Gasteiger partial charge on any atom is 1.00 e. The number of β-lactam (4-membered cyclic amide) rings is 1. The van der Waals surface area contributed by atoms with Crippen LogP contribution in [0.15, 0.2) is 54.2 Å². The summed E-state index contributed by atoms with van der Waals surface area (Å²) >= 11 is 2.20. The van der Waals surface area contributed by atoms with Crippen molar-refractivity contribution in [3.05, 3.63) is 63.4 Å². The van der Waals surface area contributed by atoms with Gasteiger partial charge in [-0.1, -0.05) is 30.3 Å². The first kappa shape index (κ1) is 21.2. The number of aliphatic carboxylic acids is 1. The van der Waals surface area contributed by atoms with Gasteiger partial charge in [0, 0.05) is 3.57 Å². The summed E-state index contributed by atoms with van der Waals surface area (Å²) in [6, 6.07) is 15.4. The van der Waals surface area contributed by atoms with Crippen molar-refractivity contribution in [2.75, 3.05) is 6.61 Å². The zero-order valence-corrected chi connectivity index (χ0v) is 20.0. The van der Waals surface area contributed by atoms with Crippen molar-refractivity contribution in [3.8, 4) is 11.1 Å². The SMILES string of the molecule is O=C([O-])C1=C(c2cc(I)cc(-c3ccccc3)c2)C[C@@H]2[C@@H](CO)C(=O)N12.[K+]. The number of nitrogens with zero attached hydrogens (tertiary/aromatic N) is 1. The second-order valence-corrected chi connectivity index (χ2v) is 7.72. The van der Waals surface area contributed by atoms with Gasteiger partial charge in [0.25, 0.3) is 0 Å². The van der Waals surface area contributed by atoms with E-state index in [1.165, 1.54) is 4.90 Å². The van der Waals surface area contributed by atoms with Crippen LogP contribution in [0.1, 0.15) is 12.0 Å². The Morgan fingerprint density at radius 1 is 1.15 bits per heavy atom. The Bertz CT molecular complexity index is 944. The molecule has 5 nitrogen and oxygen atoms in total. The molecule has 132 valence electrons. The first-order valence-corrected chi connectivity index (χ1v) is 9.34. The van der Waals surface area contributed by atoms with E-state index >= 15 is 0 Å². The molecule has 0 aromatic heterocycles. The van der Waals surface area contributed by atoms with Crippen LogP contribution in [-0.2, 0) is 9.59 Å². The Morgan fingerprint density at radius 3 is 2.44 bits per heavy atom. The van der Waals surface area contributed by atoms with Gasteiger partial charge in [0.05, 0.1) is 30.2 Å². The zero-order valence-electron chi connectivity index (χ0n) is 14.7. The molecule has 1 fully saturated rings. The predicted octanol–water partition coefficient (Wildman–Crippen LogP) is -1.35. The smallest absolute Gasteiger partial charge is 0.543 e. The number of hydrogen-bond donors (Lipinski definition) is 1. The summed E-state index contributed by atoms with van der Waals surface area (Å²) in [7, 11) is 0. The van der Waals surface area contributed by atoms with Crippen molar-refractivity contribution in [1.82, 2.24) is 4.90 Å². The monoisotopic (exact) mass is 499 g/mol. The number of carboxylic acids is 1. The molecule has 0 saturated carbocycles. The van der Waals surface area contributed by atoms with Gasteiger partial charge in [0.1, 0.15) is 0 Å². The van der Waals surface area contributed by atoms with Gasteiger partial charge < -0.3 is 19.9 Å². The standard InChI is InChI=1S/C20H16INO4.K/c21-14-7-12(11-4-2-1-3-5-11)6-13(8-14)15-9-17-16(10-23)19(24)22(17)18(15)20(25)26;/h1-8,16-17,23H,9-10H2,(H,25,26);/q;+1/p-1/t16-,17-;/m1./s1. The summed E-state index contributed by atoms with van der Waals surface area (Å²) in [6.07, 6.45) is 0.411. The molecule has 2 heterocycles. The van der Waals surface area contributed by atoms with Gasteiger partial charge >= 0.3 is 51.4 Å². The number of carboxylic acid groups (broad SMARTS) is 1. The zero-order chi connectivity index (χ0) is 18.4. The second kappa shape index (κ2) is 8.44. The summed E-state index contributed by atoms with van der Waals surface area (Å²) < 4.78 is 0.975. The molecule has 0 aliphatic carbocycles. The van der Waals surface area contributed by atoms with E-state index in [0.717, 1.165) is 20.3 Å². The molecular formula is C20H15IKNO4. The van der Waals surface area contributed by atoms with E-state index in [2.05, 4.69) is 22.6 Å². The number of fused-ring (bicyclic) bond motifs is 1. The van der Waals surface area contributed by atoms with Gasteiger partial charge in [-0.2, -0.15) is 0 Å². The summed E-state index contributed by atoms with van der Waals surface area (Å²) in [5.41, 5.74) is 3.32. The molecule has 1 N–H and O–H groups in total. The minimum Gasteiger partial charge on any atom is -0.543 e. The van der Waals surface area contributed by atoms with Crippen LogP contribution in [0.3, 0.4) is 0 Å². The van der Waals surface area contributed by atoms with E-state index in [0.29, 0.717) is 12.0 Å². The van der Waals surface area contributed by atoms with E-state index < -0.39 is 11.9 Å². The molecule has 0 spiro atoms. The van der Waals surface area contributed by atoms with Gasteiger partial charge in [0.15, 0.2) is 0 Å². The summed E-state index contributed by atoms with van der Waals surface area (Å²) in [5.74, 6) is -2.23. The number of benzene rings is 2. The fraction of sp³-hybridized carbons (Fsp3) is 0.200. The quantitative estimate of drug-likeness (QED) is 0.321. The molecule has 2 atom stereocenters. The summed E-state index contributed by atoms with van der Waals surface area (Å²) in [4.78, 5) is 25.2. The molecule has 7 heteroatoms. The van der Waals surface area contributed by atoms with Crippen LogP contribution in [0.4, 0.5) is 0 Å². The molecule has 4 rings (SSSR count). The third kappa shape index (κ3) is 3.70. The number of amides is 1. The Kier molecular flexibility index (Phi) is 6.62. The van der Waals surface area contributed by atoms with Crippen LogP contribution in [0.25, 0.3) is 16.7 Å². The van der Waals surface area contributed by atoms with Crippen molar-refractivity contribution in [2.45, 2.75) is 12.5 Å². The molecule has 2 aliphatic heterocycles. The first-order valence-electron chi connectivity index (χ1n) is 8.26. The number of rotatable bonds is 4. The molecule has 27 heavy (non-hydrogen) atoms. The Hall–Kier alpha value is -0.554. The molecule has 2 aromatic carbocycles. The summed E-state index contributed by atoms with van der Waals surface area (Å²) in [6.45, 7) is -0.269. The van der Waals surface area contributed by atoms with Crippen LogP contribution in [0, 0.1) is 9.49 Å². The molecule has 0 unspecified atom stereocenters. The van der Waals surface area contributed by atoms with Gasteiger partial charge in [-0.05, 0) is 69.5 Å². The molecule has 0 radical (unpaired) electrons. The Balaban J connectivity index is 0.00000210. The van der Waals surface area contributed by atoms with E-state index in [1.54, 1.807) is 0 Å². The van der Waals surface area contributed by atoms with Crippen molar-refractivity contribution >= 4 is 40.0 Å². The van der Waals surface area contributed by atoms with Crippen LogP contribution in [0.5, 0.6) is 0 Å². The Labute approximate surface area is 213 Å². The maximum atomic E-state index is 12.2. The number of aliphatic hydroxyl groups excluding tert-OH is 1. The fourth-order valence-electron chi connectivity index (χ4n) is 3.80. The molecule has 2 aliphatic rings. The average Bonchev–Trinajstić information content (AvgIpc) is 2.98. The van der Waals surface area contributed by atoms with Crippen molar-refractivity contribution < 1.29 is 71.2 Å². The van der Waals surface area contributed by atoms with Gasteiger partial charge in [-0.3, -0.25) is 4.79 Å². The number of hydrogen-bond acceptors (Lipinski definition) is 4. The van der Waals surface area contributed by atoms with Crippen LogP contribution >= 0.6 is 22.6 Å². The molecule has 1 saturated heterocycles. The van der Waals surface area contributed by atoms with Crippen molar-refractivity contribution in [3.63, 3.8) is 0 Å². The maximum absolute atomic E-state index is 12.2. The van der Waals surface area contributed by atoms with Crippen molar-refractivity contribution in [1.29, 1.82) is 0 Å². The van der Waals surface area contributed by atoms with Gasteiger partial charge in [-0.15, -0.1) is 0 Å². The third-order valence-corrected chi connectivity index (χ3v) is 5.66. The second-order valence-electron chi connectivity index (χ2n) is 6.48. The molecular weight excluding hydrogens is 484 g/mol. The minimum atomic E-state index is -1.35. The van der Waals surface area contributed by atoms with E-state index in [4.69, 9.17) is 0 Å². The molecule has 0 bridgehead atoms. The van der Waals surface area contributed by atoms with Crippen LogP contribution < -0.4 is 56.5 Å². The number of aliphatic hydroxyl groups is 1. The fourth-order valence-corrected chi connectivity index (χ4v) is 4.47. The predicted molar refractivity (Wildman–Crippen MR) is 102 cm³/mol. The van der Waals surface area contributed by atoms with Gasteiger partial charge in [0.2, 0.25) is 5.91 Å². The molecule has 2 aromatic rings. The first-order chi connectivity index (χ1) is 12.5. The van der Waals surface area contributed by atoms with E-state index in [9.17, 15) is 19.8 Å². The van der Waals surface area contributed by atoms with Gasteiger partial charge in [-0.25, -0.2) is 0 Å². The number of halogens is 1. The largest absolute Gasteiger partial charge is 1.00 e. The molecule has 1 amide bonds. The topological polar surface area (TPSA) is 80.7 Å². The van der Waals surface area contributed by atoms with E-state index in [-0.39, 0.29) is 75.6 Å². The average molecular weight is 499 g/mol.